The Labute approximate surface area is 604 Å². The van der Waals surface area contributed by atoms with Crippen molar-refractivity contribution in [2.45, 2.75) is 94.4 Å². The number of hydrogen-bond donors (Lipinski definition) is 0. The minimum atomic E-state index is -1.83. The molecular weight excluding hydrogens is 1210 g/mol. The number of benzene rings is 13. The molecule has 0 fully saturated rings. The Kier molecular flexibility index (Phi) is 12.4. The maximum Gasteiger partial charge on any atom is 0.252 e. The molecule has 2 aliphatic heterocycles. The lowest BCUT2D eigenvalue weighted by Crippen LogP contribution is -2.61. The molecule has 4 heterocycles. The van der Waals surface area contributed by atoms with Crippen LogP contribution in [0.1, 0.15) is 107 Å². The standard InChI is InChI=1S/C95H85BN4/c1-92(2,3)60-62-40-50-83-77(52-62)75-36-24-26-38-81(75)97(83)71-44-48-79-87(58-71)99(85-55-68(64-28-16-12-17-29-64)41-46-73(85)66-32-20-14-21-33-66)89-53-63(61-93(4,5)6)54-90-91(89)96(79)80-49-45-72(98-82-39-27-25-37-76(82)78-57-70(43-51-84(78)98)95(10,11)94(7,8)9)59-88(80)100(90)86-56-69(65-30-18-13-19-31-65)42-47-74(86)67-34-22-15-23-35-67/h12-59H,60-61H2,1-11H3/i24D,25D,26D,27D,36D,37D,38D,39D,60D2. The van der Waals surface area contributed by atoms with Crippen LogP contribution in [0.4, 0.5) is 34.1 Å². The van der Waals surface area contributed by atoms with E-state index in [0.717, 1.165) is 117 Å². The van der Waals surface area contributed by atoms with E-state index in [1.165, 1.54) is 0 Å². The average molecular weight is 1300 g/mol. The van der Waals surface area contributed by atoms with Crippen LogP contribution in [0.3, 0.4) is 0 Å². The van der Waals surface area contributed by atoms with E-state index in [0.29, 0.717) is 50.6 Å². The smallest absolute Gasteiger partial charge is 0.252 e. The van der Waals surface area contributed by atoms with Crippen LogP contribution in [-0.2, 0) is 18.2 Å². The third-order valence-electron chi connectivity index (χ3n) is 21.1. The molecule has 0 saturated heterocycles. The highest BCUT2D eigenvalue weighted by atomic mass is 15.2. The Morgan fingerprint density at radius 3 is 1.23 bits per heavy atom. The number of fused-ring (bicyclic) bond motifs is 10. The van der Waals surface area contributed by atoms with Crippen molar-refractivity contribution in [1.82, 2.24) is 9.13 Å². The molecule has 2 aromatic heterocycles. The van der Waals surface area contributed by atoms with Crippen molar-refractivity contribution in [3.05, 3.63) is 308 Å². The zero-order valence-electron chi connectivity index (χ0n) is 68.7. The molecule has 0 atom stereocenters. The van der Waals surface area contributed by atoms with Crippen molar-refractivity contribution in [1.29, 1.82) is 0 Å². The fourth-order valence-corrected chi connectivity index (χ4v) is 15.6. The predicted octanol–water partition coefficient (Wildman–Crippen LogP) is 24.1. The normalized spacial score (nSPS) is 14.7. The highest BCUT2D eigenvalue weighted by Gasteiger charge is 2.45. The maximum absolute atomic E-state index is 9.98. The van der Waals surface area contributed by atoms with Gasteiger partial charge in [0, 0.05) is 69.5 Å². The maximum atomic E-state index is 9.98. The van der Waals surface area contributed by atoms with Crippen molar-refractivity contribution in [3.8, 4) is 55.9 Å². The topological polar surface area (TPSA) is 16.3 Å². The van der Waals surface area contributed by atoms with Gasteiger partial charge in [-0.3, -0.25) is 0 Å². The quantitative estimate of drug-likeness (QED) is 0.120. The Hall–Kier alpha value is -10.9. The van der Waals surface area contributed by atoms with Crippen molar-refractivity contribution in [2.24, 2.45) is 16.2 Å². The van der Waals surface area contributed by atoms with Gasteiger partial charge in [-0.25, -0.2) is 0 Å². The zero-order valence-corrected chi connectivity index (χ0v) is 58.7. The summed E-state index contributed by atoms with van der Waals surface area (Å²) >= 11 is 0. The molecule has 0 N–H and O–H groups in total. The third kappa shape index (κ3) is 10.7. The van der Waals surface area contributed by atoms with Crippen LogP contribution < -0.4 is 26.2 Å². The lowest BCUT2D eigenvalue weighted by molar-refractivity contribution is 0.225. The van der Waals surface area contributed by atoms with E-state index in [1.54, 1.807) is 12.1 Å². The van der Waals surface area contributed by atoms with Gasteiger partial charge >= 0.3 is 0 Å². The second kappa shape index (κ2) is 23.7. The lowest BCUT2D eigenvalue weighted by atomic mass is 9.33. The number of rotatable bonds is 11. The van der Waals surface area contributed by atoms with Gasteiger partial charge in [0.2, 0.25) is 0 Å². The first-order valence-corrected chi connectivity index (χ1v) is 35.0. The summed E-state index contributed by atoms with van der Waals surface area (Å²) in [7, 11) is 0. The highest BCUT2D eigenvalue weighted by Crippen LogP contribution is 2.52. The van der Waals surface area contributed by atoms with E-state index in [-0.39, 0.29) is 70.1 Å². The molecule has 15 aromatic rings. The first-order chi connectivity index (χ1) is 52.3. The van der Waals surface area contributed by atoms with Crippen LogP contribution in [0, 0.1) is 16.2 Å². The van der Waals surface area contributed by atoms with E-state index < -0.39 is 18.5 Å². The molecule has 0 amide bonds. The summed E-state index contributed by atoms with van der Waals surface area (Å²) in [5.41, 5.74) is 20.7. The molecule has 0 saturated carbocycles. The number of hydrogen-bond acceptors (Lipinski definition) is 2. The van der Waals surface area contributed by atoms with E-state index >= 15 is 0 Å². The van der Waals surface area contributed by atoms with Crippen molar-refractivity contribution >= 4 is 101 Å². The van der Waals surface area contributed by atoms with Gasteiger partial charge in [0.25, 0.3) is 6.71 Å². The van der Waals surface area contributed by atoms with Crippen LogP contribution in [0.5, 0.6) is 0 Å². The monoisotopic (exact) mass is 1300 g/mol. The summed E-state index contributed by atoms with van der Waals surface area (Å²) in [6.45, 7) is 23.1. The van der Waals surface area contributed by atoms with Crippen molar-refractivity contribution in [3.63, 3.8) is 0 Å². The number of anilines is 6. The lowest BCUT2D eigenvalue weighted by Gasteiger charge is -2.45. The van der Waals surface area contributed by atoms with E-state index in [1.807, 2.05) is 55.7 Å². The van der Waals surface area contributed by atoms with Crippen molar-refractivity contribution in [2.75, 3.05) is 9.80 Å². The van der Waals surface area contributed by atoms with Gasteiger partial charge in [-0.15, -0.1) is 0 Å². The van der Waals surface area contributed by atoms with E-state index in [4.69, 9.17) is 0 Å². The van der Waals surface area contributed by atoms with Crippen LogP contribution in [-0.4, -0.2) is 15.8 Å². The van der Waals surface area contributed by atoms with Crippen LogP contribution in [0.2, 0.25) is 0 Å². The van der Waals surface area contributed by atoms with Gasteiger partial charge < -0.3 is 18.9 Å². The summed E-state index contributed by atoms with van der Waals surface area (Å²) < 4.78 is 99.6. The molecular formula is C95H85BN4. The van der Waals surface area contributed by atoms with Gasteiger partial charge in [0.1, 0.15) is 0 Å². The molecule has 0 aliphatic carbocycles. The summed E-state index contributed by atoms with van der Waals surface area (Å²) in [6, 6.07) is 83.3. The van der Waals surface area contributed by atoms with Crippen molar-refractivity contribution < 1.29 is 13.7 Å². The Bertz CT molecular complexity index is 5940. The van der Waals surface area contributed by atoms with Crippen LogP contribution in [0.15, 0.2) is 291 Å². The van der Waals surface area contributed by atoms with Gasteiger partial charge in [-0.05, 0) is 186 Å². The Morgan fingerprint density at radius 2 is 0.780 bits per heavy atom. The number of nitrogens with zero attached hydrogens (tertiary/aromatic N) is 4. The third-order valence-corrected chi connectivity index (χ3v) is 21.1. The SMILES string of the molecule is [2H]c1c([2H])c([2H])c2c(c1[2H])c1cc(C([2H])([2H])C(C)(C)C)ccc1n2-c1ccc2c(c1)N(c1cc(-c3ccccc3)ccc1-c1ccccc1)c1cc(CC(C)(C)C)cc3c1B2c1ccc(-n2c4ccc(C(C)(C)C(C)(C)C)cc4c4c([2H])c([2H])c([2H])c([2H])c42)cc1N3c1cc(-c2ccccc2)ccc1-c1ccccc1. The molecule has 0 radical (unpaired) electrons. The van der Waals surface area contributed by atoms with Crippen LogP contribution >= 0.6 is 0 Å². The van der Waals surface area contributed by atoms with Crippen LogP contribution in [0.25, 0.3) is 99.5 Å². The zero-order chi connectivity index (χ0) is 77.3. The molecule has 100 heavy (non-hydrogen) atoms. The molecule has 13 aromatic carbocycles. The van der Waals surface area contributed by atoms with Gasteiger partial charge in [0.15, 0.2) is 0 Å². The highest BCUT2D eigenvalue weighted by molar-refractivity contribution is 7.00. The predicted molar refractivity (Wildman–Crippen MR) is 430 cm³/mol. The molecule has 0 spiro atoms. The van der Waals surface area contributed by atoms with E-state index in [9.17, 15) is 13.7 Å². The largest absolute Gasteiger partial charge is 0.311 e. The minimum Gasteiger partial charge on any atom is -0.311 e. The first-order valence-electron chi connectivity index (χ1n) is 40.0. The number of aromatic nitrogens is 2. The second-order valence-corrected chi connectivity index (χ2v) is 31.1. The Morgan fingerprint density at radius 1 is 0.340 bits per heavy atom. The fraction of sp³-hybridized carbons (Fsp3) is 0.179. The van der Waals surface area contributed by atoms with Gasteiger partial charge in [-0.2, -0.15) is 0 Å². The molecule has 5 heteroatoms. The number of para-hydroxylation sites is 2. The molecule has 0 unspecified atom stereocenters. The summed E-state index contributed by atoms with van der Waals surface area (Å²) in [5, 5.41) is 1.98. The molecule has 488 valence electrons. The molecule has 0 bridgehead atoms. The summed E-state index contributed by atoms with van der Waals surface area (Å²) in [6.07, 6.45) is -1.16. The molecule has 17 rings (SSSR count). The van der Waals surface area contributed by atoms with E-state index in [2.05, 4.69) is 270 Å². The Balaban J connectivity index is 1.04. The summed E-state index contributed by atoms with van der Waals surface area (Å²) in [5.74, 6) is 0. The second-order valence-electron chi connectivity index (χ2n) is 31.1. The van der Waals surface area contributed by atoms with Gasteiger partial charge in [-0.1, -0.05) is 282 Å². The minimum absolute atomic E-state index is 0.102. The molecule has 4 nitrogen and oxygen atoms in total. The molecule has 2 aliphatic rings. The average Bonchev–Trinajstić information content (AvgIpc) is 0.852. The fourth-order valence-electron chi connectivity index (χ4n) is 15.6. The first kappa shape index (κ1) is 52.2. The summed E-state index contributed by atoms with van der Waals surface area (Å²) in [4.78, 5) is 4.92. The van der Waals surface area contributed by atoms with Gasteiger partial charge in [0.05, 0.1) is 44.4 Å².